The number of hydrogen-bond donors (Lipinski definition) is 1. The lowest BCUT2D eigenvalue weighted by molar-refractivity contribution is -0.128. The Kier molecular flexibility index (Phi) is 5.59. The predicted octanol–water partition coefficient (Wildman–Crippen LogP) is 4.32. The number of carbonyl (C=O) groups is 2. The highest BCUT2D eigenvalue weighted by atomic mass is 16.2. The van der Waals surface area contributed by atoms with Crippen molar-refractivity contribution in [2.24, 2.45) is 5.92 Å². The van der Waals surface area contributed by atoms with Crippen molar-refractivity contribution in [2.75, 3.05) is 6.54 Å². The highest BCUT2D eigenvalue weighted by Crippen LogP contribution is 2.29. The van der Waals surface area contributed by atoms with E-state index in [1.807, 2.05) is 61.2 Å². The van der Waals surface area contributed by atoms with E-state index in [1.54, 1.807) is 0 Å². The zero-order chi connectivity index (χ0) is 20.5. The molecule has 1 N–H and O–H groups in total. The lowest BCUT2D eigenvalue weighted by Gasteiger charge is -2.42. The van der Waals surface area contributed by atoms with Crippen LogP contribution < -0.4 is 5.32 Å². The van der Waals surface area contributed by atoms with Crippen molar-refractivity contribution in [3.05, 3.63) is 71.3 Å². The van der Waals surface area contributed by atoms with E-state index < -0.39 is 0 Å². The minimum atomic E-state index is -0.364. The predicted molar refractivity (Wildman–Crippen MR) is 112 cm³/mol. The van der Waals surface area contributed by atoms with Crippen LogP contribution in [0.1, 0.15) is 62.0 Å². The van der Waals surface area contributed by atoms with Gasteiger partial charge in [-0.3, -0.25) is 9.59 Å². The molecule has 1 heterocycles. The summed E-state index contributed by atoms with van der Waals surface area (Å²) in [5.74, 6) is -0.299. The molecule has 0 unspecified atom stereocenters. The van der Waals surface area contributed by atoms with Crippen molar-refractivity contribution >= 4 is 11.8 Å². The summed E-state index contributed by atoms with van der Waals surface area (Å²) in [6, 6.07) is 17.5. The molecule has 28 heavy (non-hydrogen) atoms. The SMILES string of the molecule is CC(C)[C@H]1NC(=O)[C@@H](c2ccc(C(C)(C)C)cc2)CN1C(=O)c1ccccc1. The first-order valence-electron chi connectivity index (χ1n) is 9.95. The van der Waals surface area contributed by atoms with Gasteiger partial charge in [0.25, 0.3) is 5.91 Å². The summed E-state index contributed by atoms with van der Waals surface area (Å²) in [4.78, 5) is 27.8. The van der Waals surface area contributed by atoms with Crippen LogP contribution in [-0.4, -0.2) is 29.4 Å². The molecule has 4 nitrogen and oxygen atoms in total. The van der Waals surface area contributed by atoms with E-state index in [4.69, 9.17) is 0 Å². The van der Waals surface area contributed by atoms with E-state index in [1.165, 1.54) is 5.56 Å². The Morgan fingerprint density at radius 1 is 1.04 bits per heavy atom. The van der Waals surface area contributed by atoms with Crippen molar-refractivity contribution < 1.29 is 9.59 Å². The van der Waals surface area contributed by atoms with Crippen LogP contribution in [0.2, 0.25) is 0 Å². The van der Waals surface area contributed by atoms with E-state index in [0.717, 1.165) is 5.56 Å². The fraction of sp³-hybridized carbons (Fsp3) is 0.417. The van der Waals surface area contributed by atoms with Crippen LogP contribution in [0.3, 0.4) is 0 Å². The van der Waals surface area contributed by atoms with Crippen LogP contribution in [-0.2, 0) is 10.2 Å². The van der Waals surface area contributed by atoms with E-state index in [2.05, 4.69) is 38.2 Å². The van der Waals surface area contributed by atoms with Gasteiger partial charge in [-0.1, -0.05) is 77.1 Å². The monoisotopic (exact) mass is 378 g/mol. The standard InChI is InChI=1S/C24H30N2O2/c1-16(2)21-25-22(27)20(17-11-13-19(14-12-17)24(3,4)5)15-26(21)23(28)18-9-7-6-8-10-18/h6-14,16,20-21H,15H2,1-5H3,(H,25,27)/t20-,21+/m1/s1. The first kappa shape index (κ1) is 20.1. The van der Waals surface area contributed by atoms with Gasteiger partial charge in [0.15, 0.2) is 0 Å². The summed E-state index contributed by atoms with van der Waals surface area (Å²) >= 11 is 0. The smallest absolute Gasteiger partial charge is 0.255 e. The Hall–Kier alpha value is -2.62. The normalized spacial score (nSPS) is 20.2. The van der Waals surface area contributed by atoms with Crippen LogP contribution >= 0.6 is 0 Å². The first-order valence-corrected chi connectivity index (χ1v) is 9.95. The van der Waals surface area contributed by atoms with Gasteiger partial charge >= 0.3 is 0 Å². The third-order valence-electron chi connectivity index (χ3n) is 5.41. The molecule has 4 heteroatoms. The second-order valence-electron chi connectivity index (χ2n) is 8.95. The molecule has 148 valence electrons. The number of nitrogens with zero attached hydrogens (tertiary/aromatic N) is 1. The van der Waals surface area contributed by atoms with Gasteiger partial charge in [0.05, 0.1) is 5.92 Å². The molecule has 0 radical (unpaired) electrons. The molecule has 0 aliphatic carbocycles. The Bertz CT molecular complexity index is 835. The second kappa shape index (κ2) is 7.78. The molecule has 1 aliphatic rings. The van der Waals surface area contributed by atoms with Gasteiger partial charge in [-0.2, -0.15) is 0 Å². The van der Waals surface area contributed by atoms with Crippen molar-refractivity contribution in [1.29, 1.82) is 0 Å². The van der Waals surface area contributed by atoms with Crippen LogP contribution in [0, 0.1) is 5.92 Å². The van der Waals surface area contributed by atoms with Gasteiger partial charge in [-0.05, 0) is 34.6 Å². The molecule has 1 aliphatic heterocycles. The highest BCUT2D eigenvalue weighted by molar-refractivity contribution is 5.96. The molecule has 1 fully saturated rings. The fourth-order valence-corrected chi connectivity index (χ4v) is 3.67. The van der Waals surface area contributed by atoms with Gasteiger partial charge in [-0.25, -0.2) is 0 Å². The minimum Gasteiger partial charge on any atom is -0.335 e. The van der Waals surface area contributed by atoms with E-state index >= 15 is 0 Å². The summed E-state index contributed by atoms with van der Waals surface area (Å²) in [7, 11) is 0. The van der Waals surface area contributed by atoms with E-state index in [9.17, 15) is 9.59 Å². The average molecular weight is 379 g/mol. The zero-order valence-electron chi connectivity index (χ0n) is 17.4. The molecule has 0 saturated carbocycles. The number of hydrogen-bond acceptors (Lipinski definition) is 2. The van der Waals surface area contributed by atoms with Crippen molar-refractivity contribution in [3.8, 4) is 0 Å². The lowest BCUT2D eigenvalue weighted by atomic mass is 9.85. The quantitative estimate of drug-likeness (QED) is 0.865. The third-order valence-corrected chi connectivity index (χ3v) is 5.41. The number of carbonyl (C=O) groups excluding carboxylic acids is 2. The van der Waals surface area contributed by atoms with Crippen molar-refractivity contribution in [2.45, 2.75) is 52.1 Å². The van der Waals surface area contributed by atoms with Crippen LogP contribution in [0.5, 0.6) is 0 Å². The second-order valence-corrected chi connectivity index (χ2v) is 8.95. The molecule has 1 saturated heterocycles. The topological polar surface area (TPSA) is 49.4 Å². The van der Waals surface area contributed by atoms with Gasteiger partial charge in [-0.15, -0.1) is 0 Å². The van der Waals surface area contributed by atoms with Gasteiger partial charge in [0.2, 0.25) is 5.91 Å². The van der Waals surface area contributed by atoms with Crippen molar-refractivity contribution in [1.82, 2.24) is 10.2 Å². The molecule has 0 spiro atoms. The van der Waals surface area contributed by atoms with Crippen LogP contribution in [0.25, 0.3) is 0 Å². The summed E-state index contributed by atoms with van der Waals surface area (Å²) < 4.78 is 0. The van der Waals surface area contributed by atoms with E-state index in [-0.39, 0.29) is 35.2 Å². The maximum absolute atomic E-state index is 13.2. The Morgan fingerprint density at radius 3 is 2.18 bits per heavy atom. The number of benzene rings is 2. The average Bonchev–Trinajstić information content (AvgIpc) is 2.67. The molecule has 0 bridgehead atoms. The van der Waals surface area contributed by atoms with Gasteiger partial charge in [0, 0.05) is 12.1 Å². The zero-order valence-corrected chi connectivity index (χ0v) is 17.4. The number of amides is 2. The van der Waals surface area contributed by atoms with Crippen LogP contribution in [0.4, 0.5) is 0 Å². The Morgan fingerprint density at radius 2 is 1.64 bits per heavy atom. The minimum absolute atomic E-state index is 0.0145. The summed E-state index contributed by atoms with van der Waals surface area (Å²) in [6.07, 6.45) is -0.301. The molecule has 2 aromatic rings. The maximum atomic E-state index is 13.2. The van der Waals surface area contributed by atoms with Crippen LogP contribution in [0.15, 0.2) is 54.6 Å². The Labute approximate surface area is 167 Å². The molecule has 2 amide bonds. The van der Waals surface area contributed by atoms with Gasteiger partial charge < -0.3 is 10.2 Å². The molecule has 3 rings (SSSR count). The third kappa shape index (κ3) is 4.11. The maximum Gasteiger partial charge on any atom is 0.255 e. The van der Waals surface area contributed by atoms with Gasteiger partial charge in [0.1, 0.15) is 6.17 Å². The molecular formula is C24H30N2O2. The lowest BCUT2D eigenvalue weighted by Crippen LogP contribution is -2.61. The number of nitrogens with one attached hydrogen (secondary N) is 1. The Balaban J connectivity index is 1.90. The summed E-state index contributed by atoms with van der Waals surface area (Å²) in [5.41, 5.74) is 2.88. The molecule has 0 aromatic heterocycles. The molecular weight excluding hydrogens is 348 g/mol. The summed E-state index contributed by atoms with van der Waals surface area (Å²) in [5, 5.41) is 3.08. The number of rotatable bonds is 3. The fourth-order valence-electron chi connectivity index (χ4n) is 3.67. The van der Waals surface area contributed by atoms with E-state index in [0.29, 0.717) is 12.1 Å². The molecule has 2 atom stereocenters. The first-order chi connectivity index (χ1) is 13.2. The highest BCUT2D eigenvalue weighted by Gasteiger charge is 2.38. The van der Waals surface area contributed by atoms with Crippen molar-refractivity contribution in [3.63, 3.8) is 0 Å². The largest absolute Gasteiger partial charge is 0.335 e. The molecule has 2 aromatic carbocycles. The summed E-state index contributed by atoms with van der Waals surface area (Å²) in [6.45, 7) is 10.9.